The minimum atomic E-state index is -0.313. The number of fused-ring (bicyclic) bond motifs is 3. The van der Waals surface area contributed by atoms with Crippen LogP contribution in [0.5, 0.6) is 0 Å². The number of amidine groups is 2. The fourth-order valence-corrected chi connectivity index (χ4v) is 6.59. The SMILES string of the molecule is c1ccc(-c2cccc(C3=NC(c4ccccc4)NC(c4cccc5oc6ccc(-c7ccc(-c8ccncc8)cc7)cc6c45)=N3)c2)cc1. The average Bonchev–Trinajstić information content (AvgIpc) is 3.57. The zero-order valence-electron chi connectivity index (χ0n) is 26.5. The fraction of sp³-hybridized carbons (Fsp3) is 0.0227. The highest BCUT2D eigenvalue weighted by Gasteiger charge is 2.24. The molecule has 0 bridgehead atoms. The molecule has 1 aliphatic rings. The molecule has 0 radical (unpaired) electrons. The maximum atomic E-state index is 6.42. The smallest absolute Gasteiger partial charge is 0.159 e. The number of hydrogen-bond acceptors (Lipinski definition) is 5. The van der Waals surface area contributed by atoms with E-state index in [0.29, 0.717) is 5.84 Å². The predicted octanol–water partition coefficient (Wildman–Crippen LogP) is 10.5. The van der Waals surface area contributed by atoms with E-state index >= 15 is 0 Å². The van der Waals surface area contributed by atoms with Crippen molar-refractivity contribution in [1.82, 2.24) is 10.3 Å². The van der Waals surface area contributed by atoms with Gasteiger partial charge in [0.15, 0.2) is 5.84 Å². The molecule has 0 spiro atoms. The Labute approximate surface area is 284 Å². The Morgan fingerprint density at radius 1 is 0.490 bits per heavy atom. The summed E-state index contributed by atoms with van der Waals surface area (Å²) in [7, 11) is 0. The molecule has 0 fully saturated rings. The molecular weight excluding hydrogens is 601 g/mol. The number of rotatable bonds is 6. The standard InChI is InChI=1S/C44H30N4O/c1-3-9-29(10-4-1)34-13-7-14-36(27-34)43-46-42(33-11-5-2-6-12-33)47-44(48-43)37-15-8-16-40-41(37)38-28-35(21-22-39(38)49-40)31-19-17-30(18-20-31)32-23-25-45-26-24-32/h1-28,42H,(H,46,47,48). The van der Waals surface area contributed by atoms with Crippen molar-refractivity contribution in [1.29, 1.82) is 0 Å². The normalized spacial score (nSPS) is 14.3. The van der Waals surface area contributed by atoms with Gasteiger partial charge in [0.1, 0.15) is 23.2 Å². The lowest BCUT2D eigenvalue weighted by Gasteiger charge is -2.24. The third kappa shape index (κ3) is 5.47. The van der Waals surface area contributed by atoms with E-state index in [1.807, 2.05) is 60.9 Å². The fourth-order valence-electron chi connectivity index (χ4n) is 6.59. The van der Waals surface area contributed by atoms with Crippen molar-refractivity contribution in [3.05, 3.63) is 187 Å². The summed E-state index contributed by atoms with van der Waals surface area (Å²) in [5.74, 6) is 1.43. The highest BCUT2D eigenvalue weighted by Crippen LogP contribution is 2.36. The van der Waals surface area contributed by atoms with Crippen molar-refractivity contribution >= 4 is 33.6 Å². The Morgan fingerprint density at radius 2 is 1.10 bits per heavy atom. The molecule has 232 valence electrons. The van der Waals surface area contributed by atoms with Crippen LogP contribution in [0.3, 0.4) is 0 Å². The van der Waals surface area contributed by atoms with Crippen molar-refractivity contribution in [2.45, 2.75) is 6.17 Å². The van der Waals surface area contributed by atoms with Gasteiger partial charge in [-0.15, -0.1) is 0 Å². The van der Waals surface area contributed by atoms with E-state index in [1.165, 1.54) is 0 Å². The molecule has 5 nitrogen and oxygen atoms in total. The molecular formula is C44H30N4O. The molecule has 1 atom stereocenters. The Balaban J connectivity index is 1.16. The lowest BCUT2D eigenvalue weighted by atomic mass is 9.98. The topological polar surface area (TPSA) is 62.8 Å². The molecule has 6 aromatic carbocycles. The van der Waals surface area contributed by atoms with Crippen molar-refractivity contribution < 1.29 is 4.42 Å². The van der Waals surface area contributed by atoms with Crippen molar-refractivity contribution in [3.63, 3.8) is 0 Å². The van der Waals surface area contributed by atoms with E-state index in [9.17, 15) is 0 Å². The molecule has 0 saturated heterocycles. The molecule has 3 heterocycles. The summed E-state index contributed by atoms with van der Waals surface area (Å²) >= 11 is 0. The maximum Gasteiger partial charge on any atom is 0.159 e. The maximum absolute atomic E-state index is 6.42. The minimum absolute atomic E-state index is 0.313. The highest BCUT2D eigenvalue weighted by atomic mass is 16.3. The third-order valence-corrected chi connectivity index (χ3v) is 9.07. The number of nitrogens with zero attached hydrogens (tertiary/aromatic N) is 3. The molecule has 9 rings (SSSR count). The first-order valence-electron chi connectivity index (χ1n) is 16.4. The van der Waals surface area contributed by atoms with Gasteiger partial charge in [-0.3, -0.25) is 4.98 Å². The predicted molar refractivity (Wildman–Crippen MR) is 200 cm³/mol. The van der Waals surface area contributed by atoms with Gasteiger partial charge in [-0.25, -0.2) is 9.98 Å². The van der Waals surface area contributed by atoms with Crippen molar-refractivity contribution in [2.24, 2.45) is 9.98 Å². The molecule has 0 aliphatic carbocycles. The third-order valence-electron chi connectivity index (χ3n) is 9.07. The van der Waals surface area contributed by atoms with Crippen LogP contribution in [-0.2, 0) is 0 Å². The van der Waals surface area contributed by atoms with Gasteiger partial charge >= 0.3 is 0 Å². The first-order valence-corrected chi connectivity index (χ1v) is 16.4. The zero-order chi connectivity index (χ0) is 32.6. The van der Waals surface area contributed by atoms with Crippen LogP contribution in [0.1, 0.15) is 22.9 Å². The van der Waals surface area contributed by atoms with E-state index in [2.05, 4.69) is 119 Å². The van der Waals surface area contributed by atoms with Crippen molar-refractivity contribution in [3.8, 4) is 33.4 Å². The summed E-state index contributed by atoms with van der Waals surface area (Å²) in [6.07, 6.45) is 3.33. The van der Waals surface area contributed by atoms with Crippen LogP contribution in [0.4, 0.5) is 0 Å². The van der Waals surface area contributed by atoms with Gasteiger partial charge in [0.2, 0.25) is 0 Å². The Kier molecular flexibility index (Phi) is 7.13. The molecule has 0 saturated carbocycles. The van der Waals surface area contributed by atoms with Gasteiger partial charge in [-0.1, -0.05) is 121 Å². The van der Waals surface area contributed by atoms with Crippen LogP contribution >= 0.6 is 0 Å². The van der Waals surface area contributed by atoms with Crippen LogP contribution in [0.2, 0.25) is 0 Å². The average molecular weight is 631 g/mol. The van der Waals surface area contributed by atoms with Crippen molar-refractivity contribution in [2.75, 3.05) is 0 Å². The zero-order valence-corrected chi connectivity index (χ0v) is 26.5. The summed E-state index contributed by atoms with van der Waals surface area (Å²) in [4.78, 5) is 14.5. The summed E-state index contributed by atoms with van der Waals surface area (Å²) in [6.45, 7) is 0. The van der Waals surface area contributed by atoms with E-state index in [1.54, 1.807) is 0 Å². The number of nitrogens with one attached hydrogen (secondary N) is 1. The monoisotopic (exact) mass is 630 g/mol. The van der Waals surface area contributed by atoms with Gasteiger partial charge in [-0.2, -0.15) is 0 Å². The second kappa shape index (κ2) is 12.2. The number of hydrogen-bond donors (Lipinski definition) is 1. The number of aliphatic imine (C=N–C) groups is 2. The largest absolute Gasteiger partial charge is 0.456 e. The van der Waals surface area contributed by atoms with Gasteiger partial charge in [0.05, 0.1) is 0 Å². The molecule has 5 heteroatoms. The molecule has 1 N–H and O–H groups in total. The van der Waals surface area contributed by atoms with Gasteiger partial charge in [-0.05, 0) is 75.3 Å². The highest BCUT2D eigenvalue weighted by molar-refractivity contribution is 6.22. The molecule has 0 amide bonds. The van der Waals surface area contributed by atoms with E-state index in [0.717, 1.165) is 77.8 Å². The van der Waals surface area contributed by atoms with Crippen LogP contribution in [0.15, 0.2) is 185 Å². The van der Waals surface area contributed by atoms with Crippen LogP contribution in [0, 0.1) is 0 Å². The molecule has 8 aromatic rings. The first kappa shape index (κ1) is 28.6. The van der Waals surface area contributed by atoms with Crippen LogP contribution in [-0.4, -0.2) is 16.7 Å². The van der Waals surface area contributed by atoms with E-state index < -0.39 is 0 Å². The van der Waals surface area contributed by atoms with E-state index in [4.69, 9.17) is 14.4 Å². The van der Waals surface area contributed by atoms with Gasteiger partial charge in [0.25, 0.3) is 0 Å². The number of furan rings is 1. The number of benzene rings is 6. The molecule has 1 aliphatic heterocycles. The van der Waals surface area contributed by atoms with Crippen LogP contribution in [0.25, 0.3) is 55.3 Å². The van der Waals surface area contributed by atoms with Gasteiger partial charge < -0.3 is 9.73 Å². The molecule has 1 unspecified atom stereocenters. The summed E-state index contributed by atoms with van der Waals surface area (Å²) < 4.78 is 6.42. The number of pyridine rings is 1. The second-order valence-corrected chi connectivity index (χ2v) is 12.1. The second-order valence-electron chi connectivity index (χ2n) is 12.1. The summed E-state index contributed by atoms with van der Waals surface area (Å²) in [6, 6.07) is 54.5. The quantitative estimate of drug-likeness (QED) is 0.199. The summed E-state index contributed by atoms with van der Waals surface area (Å²) in [5, 5.41) is 5.72. The first-order chi connectivity index (χ1) is 24.3. The molecule has 2 aromatic heterocycles. The lowest BCUT2D eigenvalue weighted by molar-refractivity contribution is 0.668. The Bertz CT molecular complexity index is 2500. The number of aromatic nitrogens is 1. The lowest BCUT2D eigenvalue weighted by Crippen LogP contribution is -2.33. The van der Waals surface area contributed by atoms with E-state index in [-0.39, 0.29) is 6.17 Å². The van der Waals surface area contributed by atoms with Crippen LogP contribution < -0.4 is 5.32 Å². The minimum Gasteiger partial charge on any atom is -0.456 e. The summed E-state index contributed by atoms with van der Waals surface area (Å²) in [5.41, 5.74) is 11.5. The Morgan fingerprint density at radius 3 is 1.90 bits per heavy atom. The molecule has 49 heavy (non-hydrogen) atoms. The Hall–Kier alpha value is -6.59. The van der Waals surface area contributed by atoms with Gasteiger partial charge in [0, 0.05) is 34.3 Å².